The molecular weight excluding hydrogens is 276 g/mol. The lowest BCUT2D eigenvalue weighted by Crippen LogP contribution is -1.98. The third-order valence-electron chi connectivity index (χ3n) is 3.24. The molecule has 0 atom stereocenters. The smallest absolute Gasteiger partial charge is 0.162 e. The Bertz CT molecular complexity index is 726. The Kier molecular flexibility index (Phi) is 3.25. The first-order chi connectivity index (χ1) is 9.20. The Morgan fingerprint density at radius 1 is 1.21 bits per heavy atom. The minimum absolute atomic E-state index is 0.570. The van der Waals surface area contributed by atoms with Gasteiger partial charge in [-0.1, -0.05) is 36.7 Å². The van der Waals surface area contributed by atoms with Crippen LogP contribution in [0.4, 0.5) is 0 Å². The fourth-order valence-corrected chi connectivity index (χ4v) is 3.52. The number of nitrogens with zero attached hydrogens (tertiary/aromatic N) is 2. The molecule has 0 spiro atoms. The normalized spacial score (nSPS) is 11.1. The van der Waals surface area contributed by atoms with E-state index in [-0.39, 0.29) is 0 Å². The van der Waals surface area contributed by atoms with Crippen molar-refractivity contribution in [2.45, 2.75) is 20.3 Å². The second-order valence-electron chi connectivity index (χ2n) is 4.40. The van der Waals surface area contributed by atoms with Crippen molar-refractivity contribution in [1.82, 2.24) is 9.97 Å². The van der Waals surface area contributed by atoms with E-state index in [1.165, 1.54) is 10.1 Å². The highest BCUT2D eigenvalue weighted by Crippen LogP contribution is 2.33. The van der Waals surface area contributed by atoms with Gasteiger partial charge in [0, 0.05) is 32.3 Å². The molecule has 0 N–H and O–H groups in total. The SMILES string of the molecule is CCc1c(C)nc(-c2csc3ccccc23)nc1Cl. The molecule has 2 nitrogen and oxygen atoms in total. The lowest BCUT2D eigenvalue weighted by Gasteiger charge is -2.07. The average Bonchev–Trinajstić information content (AvgIpc) is 2.82. The summed E-state index contributed by atoms with van der Waals surface area (Å²) in [5.74, 6) is 0.720. The van der Waals surface area contributed by atoms with E-state index in [1.54, 1.807) is 11.3 Å². The lowest BCUT2D eigenvalue weighted by atomic mass is 10.1. The van der Waals surface area contributed by atoms with Crippen LogP contribution >= 0.6 is 22.9 Å². The van der Waals surface area contributed by atoms with Crippen molar-refractivity contribution in [3.05, 3.63) is 46.1 Å². The number of halogens is 1. The van der Waals surface area contributed by atoms with Crippen molar-refractivity contribution in [1.29, 1.82) is 0 Å². The summed E-state index contributed by atoms with van der Waals surface area (Å²) in [5.41, 5.74) is 3.06. The first-order valence-electron chi connectivity index (χ1n) is 6.20. The Labute approximate surface area is 121 Å². The summed E-state index contributed by atoms with van der Waals surface area (Å²) in [6.07, 6.45) is 0.856. The highest BCUT2D eigenvalue weighted by atomic mass is 35.5. The van der Waals surface area contributed by atoms with Gasteiger partial charge in [0.15, 0.2) is 5.82 Å². The van der Waals surface area contributed by atoms with Crippen molar-refractivity contribution in [3.8, 4) is 11.4 Å². The predicted molar refractivity (Wildman–Crippen MR) is 82.0 cm³/mol. The van der Waals surface area contributed by atoms with Crippen LogP contribution < -0.4 is 0 Å². The lowest BCUT2D eigenvalue weighted by molar-refractivity contribution is 1.00. The molecule has 1 aromatic carbocycles. The Balaban J connectivity index is 2.22. The maximum absolute atomic E-state index is 6.26. The van der Waals surface area contributed by atoms with Crippen LogP contribution in [0.1, 0.15) is 18.2 Å². The van der Waals surface area contributed by atoms with E-state index in [2.05, 4.69) is 34.4 Å². The largest absolute Gasteiger partial charge is 0.233 e. The van der Waals surface area contributed by atoms with Gasteiger partial charge in [-0.2, -0.15) is 0 Å². The fourth-order valence-electron chi connectivity index (χ4n) is 2.23. The van der Waals surface area contributed by atoms with E-state index in [0.29, 0.717) is 5.15 Å². The molecule has 0 unspecified atom stereocenters. The molecule has 0 aliphatic carbocycles. The zero-order chi connectivity index (χ0) is 13.4. The number of aromatic nitrogens is 2. The first kappa shape index (κ1) is 12.6. The maximum atomic E-state index is 6.26. The van der Waals surface area contributed by atoms with E-state index in [1.807, 2.05) is 19.1 Å². The van der Waals surface area contributed by atoms with Crippen LogP contribution in [0.25, 0.3) is 21.5 Å². The minimum Gasteiger partial charge on any atom is -0.233 e. The van der Waals surface area contributed by atoms with Crippen LogP contribution in [0.5, 0.6) is 0 Å². The fraction of sp³-hybridized carbons (Fsp3) is 0.200. The third-order valence-corrected chi connectivity index (χ3v) is 4.51. The van der Waals surface area contributed by atoms with E-state index >= 15 is 0 Å². The zero-order valence-corrected chi connectivity index (χ0v) is 12.3. The summed E-state index contributed by atoms with van der Waals surface area (Å²) in [7, 11) is 0. The molecule has 0 saturated carbocycles. The van der Waals surface area contributed by atoms with Crippen LogP contribution in [0, 0.1) is 6.92 Å². The molecule has 0 fully saturated rings. The number of hydrogen-bond donors (Lipinski definition) is 0. The molecule has 19 heavy (non-hydrogen) atoms. The van der Waals surface area contributed by atoms with Gasteiger partial charge < -0.3 is 0 Å². The van der Waals surface area contributed by atoms with Gasteiger partial charge in [-0.05, 0) is 19.4 Å². The quantitative estimate of drug-likeness (QED) is 0.628. The van der Waals surface area contributed by atoms with Crippen LogP contribution in [0.2, 0.25) is 5.15 Å². The second kappa shape index (κ2) is 4.91. The summed E-state index contributed by atoms with van der Waals surface area (Å²) < 4.78 is 1.24. The standard InChI is InChI=1S/C15H13ClN2S/c1-3-10-9(2)17-15(18-14(10)16)12-8-19-13-7-5-4-6-11(12)13/h4-8H,3H2,1-2H3. The van der Waals surface area contributed by atoms with Gasteiger partial charge in [0.2, 0.25) is 0 Å². The average molecular weight is 289 g/mol. The molecule has 0 aliphatic heterocycles. The highest BCUT2D eigenvalue weighted by molar-refractivity contribution is 7.17. The van der Waals surface area contributed by atoms with Gasteiger partial charge in [0.05, 0.1) is 0 Å². The van der Waals surface area contributed by atoms with Crippen molar-refractivity contribution in [2.75, 3.05) is 0 Å². The molecule has 3 rings (SSSR count). The highest BCUT2D eigenvalue weighted by Gasteiger charge is 2.13. The maximum Gasteiger partial charge on any atom is 0.162 e. The van der Waals surface area contributed by atoms with Crippen molar-refractivity contribution in [2.24, 2.45) is 0 Å². The molecular formula is C15H13ClN2S. The van der Waals surface area contributed by atoms with Gasteiger partial charge >= 0.3 is 0 Å². The molecule has 4 heteroatoms. The molecule has 2 heterocycles. The summed E-state index contributed by atoms with van der Waals surface area (Å²) in [5, 5.41) is 3.86. The molecule has 0 bridgehead atoms. The van der Waals surface area contributed by atoms with Gasteiger partial charge in [-0.25, -0.2) is 9.97 Å². The van der Waals surface area contributed by atoms with Crippen molar-refractivity contribution >= 4 is 33.0 Å². The van der Waals surface area contributed by atoms with Crippen LogP contribution in [-0.2, 0) is 6.42 Å². The van der Waals surface area contributed by atoms with Gasteiger partial charge in [0.1, 0.15) is 5.15 Å². The van der Waals surface area contributed by atoms with Crippen molar-refractivity contribution in [3.63, 3.8) is 0 Å². The van der Waals surface area contributed by atoms with Gasteiger partial charge in [-0.15, -0.1) is 11.3 Å². The summed E-state index contributed by atoms with van der Waals surface area (Å²) in [6, 6.07) is 8.29. The van der Waals surface area contributed by atoms with E-state index in [4.69, 9.17) is 11.6 Å². The summed E-state index contributed by atoms with van der Waals surface area (Å²) in [6.45, 7) is 4.06. The van der Waals surface area contributed by atoms with Crippen molar-refractivity contribution < 1.29 is 0 Å². The Hall–Kier alpha value is -1.45. The summed E-state index contributed by atoms with van der Waals surface area (Å²) >= 11 is 7.96. The van der Waals surface area contributed by atoms with E-state index < -0.39 is 0 Å². The number of fused-ring (bicyclic) bond motifs is 1. The third kappa shape index (κ3) is 2.13. The molecule has 0 amide bonds. The van der Waals surface area contributed by atoms with Gasteiger partial charge in [0.25, 0.3) is 0 Å². The molecule has 96 valence electrons. The van der Waals surface area contributed by atoms with Crippen LogP contribution in [0.3, 0.4) is 0 Å². The van der Waals surface area contributed by atoms with Gasteiger partial charge in [-0.3, -0.25) is 0 Å². The molecule has 0 saturated heterocycles. The Morgan fingerprint density at radius 3 is 2.74 bits per heavy atom. The van der Waals surface area contributed by atoms with Crippen LogP contribution in [-0.4, -0.2) is 9.97 Å². The second-order valence-corrected chi connectivity index (χ2v) is 5.67. The monoisotopic (exact) mass is 288 g/mol. The molecule has 3 aromatic rings. The van der Waals surface area contributed by atoms with E-state index in [0.717, 1.165) is 29.1 Å². The number of benzene rings is 1. The Morgan fingerprint density at radius 2 is 2.00 bits per heavy atom. The zero-order valence-electron chi connectivity index (χ0n) is 10.8. The number of aryl methyl sites for hydroxylation is 1. The summed E-state index contributed by atoms with van der Waals surface area (Å²) in [4.78, 5) is 9.07. The van der Waals surface area contributed by atoms with E-state index in [9.17, 15) is 0 Å². The first-order valence-corrected chi connectivity index (χ1v) is 7.46. The molecule has 2 aromatic heterocycles. The minimum atomic E-state index is 0.570. The topological polar surface area (TPSA) is 25.8 Å². The molecule has 0 aliphatic rings. The van der Waals surface area contributed by atoms with Crippen LogP contribution in [0.15, 0.2) is 29.6 Å². The number of rotatable bonds is 2. The predicted octanol–water partition coefficient (Wildman–Crippen LogP) is 4.88. The molecule has 0 radical (unpaired) electrons. The number of thiophene rings is 1. The number of hydrogen-bond acceptors (Lipinski definition) is 3.